The molecule has 29 heavy (non-hydrogen) atoms. The number of carbonyl (C=O) groups excluding carboxylic acids is 4. The van der Waals surface area contributed by atoms with Crippen molar-refractivity contribution in [3.8, 4) is 0 Å². The van der Waals surface area contributed by atoms with E-state index in [4.69, 9.17) is 4.74 Å². The van der Waals surface area contributed by atoms with Gasteiger partial charge < -0.3 is 10.1 Å². The Morgan fingerprint density at radius 3 is 2.28 bits per heavy atom. The first-order valence-electron chi connectivity index (χ1n) is 10.3. The third-order valence-corrected chi connectivity index (χ3v) is 7.30. The van der Waals surface area contributed by atoms with E-state index in [1.807, 2.05) is 0 Å². The van der Waals surface area contributed by atoms with Gasteiger partial charge in [-0.25, -0.2) is 4.79 Å². The zero-order valence-corrected chi connectivity index (χ0v) is 17.1. The quantitative estimate of drug-likeness (QED) is 0.523. The molecule has 0 aliphatic heterocycles. The first kappa shape index (κ1) is 20.1. The minimum atomic E-state index is -0.662. The fraction of sp³-hybridized carbons (Fsp3) is 0.619. The maximum atomic E-state index is 12.3. The zero-order valence-electron chi connectivity index (χ0n) is 16.3. The highest BCUT2D eigenvalue weighted by Gasteiger charge is 2.51. The van der Waals surface area contributed by atoms with Gasteiger partial charge in [-0.15, -0.1) is 11.3 Å². The van der Waals surface area contributed by atoms with Crippen LogP contribution in [0.3, 0.4) is 0 Å². The Hall–Kier alpha value is -2.22. The normalized spacial score (nSPS) is 29.3. The summed E-state index contributed by atoms with van der Waals surface area (Å²) in [5.74, 6) is 0.647. The molecule has 5 rings (SSSR count). The molecule has 3 amide bonds. The maximum Gasteiger partial charge on any atom is 0.321 e. The van der Waals surface area contributed by atoms with Gasteiger partial charge in [-0.2, -0.15) is 0 Å². The number of esters is 1. The molecule has 2 N–H and O–H groups in total. The van der Waals surface area contributed by atoms with E-state index in [0.717, 1.165) is 19.3 Å². The van der Waals surface area contributed by atoms with Crippen molar-refractivity contribution < 1.29 is 23.9 Å². The number of urea groups is 1. The van der Waals surface area contributed by atoms with Gasteiger partial charge in [0, 0.05) is 12.0 Å². The van der Waals surface area contributed by atoms with E-state index in [1.54, 1.807) is 17.5 Å². The van der Waals surface area contributed by atoms with E-state index >= 15 is 0 Å². The molecule has 0 radical (unpaired) electrons. The number of Topliss-reactive ketones (excluding diaryl/α,β-unsaturated/α-hetero) is 1. The van der Waals surface area contributed by atoms with Crippen molar-refractivity contribution in [2.45, 2.75) is 56.9 Å². The fourth-order valence-electron chi connectivity index (χ4n) is 5.69. The molecule has 8 heteroatoms. The Morgan fingerprint density at radius 1 is 1.03 bits per heavy atom. The van der Waals surface area contributed by atoms with Crippen LogP contribution in [0.25, 0.3) is 0 Å². The van der Waals surface area contributed by atoms with Crippen molar-refractivity contribution in [2.24, 2.45) is 17.8 Å². The highest BCUT2D eigenvalue weighted by Crippen LogP contribution is 2.55. The van der Waals surface area contributed by atoms with E-state index in [-0.39, 0.29) is 24.2 Å². The molecule has 0 aromatic carbocycles. The molecule has 4 saturated carbocycles. The predicted molar refractivity (Wildman–Crippen MR) is 106 cm³/mol. The maximum absolute atomic E-state index is 12.3. The molecule has 4 bridgehead atoms. The van der Waals surface area contributed by atoms with Gasteiger partial charge in [0.15, 0.2) is 12.4 Å². The SMILES string of the molecule is O=C(COC(=O)CCC(=O)c1cccs1)NC(=O)NC12CC3CC(CC(C3)C1)C2. The van der Waals surface area contributed by atoms with Crippen molar-refractivity contribution in [3.05, 3.63) is 22.4 Å². The van der Waals surface area contributed by atoms with E-state index in [0.29, 0.717) is 22.6 Å². The third-order valence-electron chi connectivity index (χ3n) is 6.39. The molecule has 156 valence electrons. The Morgan fingerprint density at radius 2 is 1.69 bits per heavy atom. The molecule has 4 fully saturated rings. The second-order valence-corrected chi connectivity index (χ2v) is 9.71. The molecule has 0 unspecified atom stereocenters. The predicted octanol–water partition coefficient (Wildman–Crippen LogP) is 3.05. The van der Waals surface area contributed by atoms with Crippen LogP contribution in [0.1, 0.15) is 61.0 Å². The molecule has 1 heterocycles. The highest BCUT2D eigenvalue weighted by atomic mass is 32.1. The Kier molecular flexibility index (Phi) is 5.72. The lowest BCUT2D eigenvalue weighted by atomic mass is 9.53. The van der Waals surface area contributed by atoms with Crippen molar-refractivity contribution in [2.75, 3.05) is 6.61 Å². The van der Waals surface area contributed by atoms with Crippen LogP contribution in [0.15, 0.2) is 17.5 Å². The largest absolute Gasteiger partial charge is 0.456 e. The number of carbonyl (C=O) groups is 4. The number of hydrogen-bond acceptors (Lipinski definition) is 6. The van der Waals surface area contributed by atoms with Gasteiger partial charge in [0.1, 0.15) is 0 Å². The highest BCUT2D eigenvalue weighted by molar-refractivity contribution is 7.12. The summed E-state index contributed by atoms with van der Waals surface area (Å²) >= 11 is 1.32. The third kappa shape index (κ3) is 4.86. The number of rotatable bonds is 7. The molecule has 0 atom stereocenters. The van der Waals surface area contributed by atoms with Gasteiger partial charge in [0.25, 0.3) is 5.91 Å². The molecule has 4 aliphatic rings. The van der Waals surface area contributed by atoms with E-state index in [9.17, 15) is 19.2 Å². The molecule has 1 aromatic heterocycles. The second-order valence-electron chi connectivity index (χ2n) is 8.76. The van der Waals surface area contributed by atoms with Crippen molar-refractivity contribution in [3.63, 3.8) is 0 Å². The standard InChI is InChI=1S/C21H26N2O5S/c24-16(17-2-1-5-29-17)3-4-19(26)28-12-18(25)22-20(27)23-21-9-13-6-14(10-21)8-15(7-13)11-21/h1-2,5,13-15H,3-4,6-12H2,(H2,22,23,25,27). The number of nitrogens with one attached hydrogen (secondary N) is 2. The van der Waals surface area contributed by atoms with Crippen LogP contribution in [0.4, 0.5) is 4.79 Å². The van der Waals surface area contributed by atoms with E-state index in [2.05, 4.69) is 10.6 Å². The van der Waals surface area contributed by atoms with Crippen molar-refractivity contribution in [1.82, 2.24) is 10.6 Å². The Balaban J connectivity index is 1.16. The van der Waals surface area contributed by atoms with E-state index in [1.165, 1.54) is 30.6 Å². The number of ether oxygens (including phenoxy) is 1. The lowest BCUT2D eigenvalue weighted by Gasteiger charge is -2.56. The van der Waals surface area contributed by atoms with Crippen molar-refractivity contribution in [1.29, 1.82) is 0 Å². The summed E-state index contributed by atoms with van der Waals surface area (Å²) in [6, 6.07) is 2.96. The van der Waals surface area contributed by atoms with Gasteiger partial charge >= 0.3 is 12.0 Å². The second kappa shape index (κ2) is 8.26. The summed E-state index contributed by atoms with van der Waals surface area (Å²) in [6.45, 7) is -0.527. The van der Waals surface area contributed by atoms with Gasteiger partial charge in [-0.05, 0) is 67.7 Å². The number of amides is 3. The molecule has 1 aromatic rings. The molecule has 0 saturated heterocycles. The van der Waals surface area contributed by atoms with Gasteiger partial charge in [-0.3, -0.25) is 19.7 Å². The van der Waals surface area contributed by atoms with Crippen LogP contribution in [-0.2, 0) is 14.3 Å². The lowest BCUT2D eigenvalue weighted by Crippen LogP contribution is -2.62. The Bertz CT molecular complexity index is 769. The number of thiophene rings is 1. The first-order valence-corrected chi connectivity index (χ1v) is 11.1. The number of ketones is 1. The van der Waals surface area contributed by atoms with Gasteiger partial charge in [0.2, 0.25) is 0 Å². The van der Waals surface area contributed by atoms with Crippen LogP contribution in [-0.4, -0.2) is 35.8 Å². The summed E-state index contributed by atoms with van der Waals surface area (Å²) in [5, 5.41) is 7.11. The van der Waals surface area contributed by atoms with Gasteiger partial charge in [0.05, 0.1) is 11.3 Å². The average Bonchev–Trinajstić information content (AvgIpc) is 3.17. The molecular weight excluding hydrogens is 392 g/mol. The average molecular weight is 419 g/mol. The Labute approximate surface area is 173 Å². The number of hydrogen-bond donors (Lipinski definition) is 2. The van der Waals surface area contributed by atoms with Crippen LogP contribution >= 0.6 is 11.3 Å². The molecular formula is C21H26N2O5S. The fourth-order valence-corrected chi connectivity index (χ4v) is 6.39. The molecule has 7 nitrogen and oxygen atoms in total. The lowest BCUT2D eigenvalue weighted by molar-refractivity contribution is -0.148. The molecule has 4 aliphatic carbocycles. The van der Waals surface area contributed by atoms with Crippen LogP contribution in [0.2, 0.25) is 0 Å². The topological polar surface area (TPSA) is 102 Å². The summed E-state index contributed by atoms with van der Waals surface area (Å²) < 4.78 is 4.89. The summed E-state index contributed by atoms with van der Waals surface area (Å²) in [5.41, 5.74) is -0.183. The summed E-state index contributed by atoms with van der Waals surface area (Å²) in [7, 11) is 0. The molecule has 0 spiro atoms. The van der Waals surface area contributed by atoms with Crippen LogP contribution in [0, 0.1) is 17.8 Å². The summed E-state index contributed by atoms with van der Waals surface area (Å²) in [6.07, 6.45) is 6.73. The van der Waals surface area contributed by atoms with E-state index < -0.39 is 24.5 Å². The monoisotopic (exact) mass is 418 g/mol. The summed E-state index contributed by atoms with van der Waals surface area (Å²) in [4.78, 5) is 48.5. The van der Waals surface area contributed by atoms with Gasteiger partial charge in [-0.1, -0.05) is 6.07 Å². The minimum absolute atomic E-state index is 0.0352. The minimum Gasteiger partial charge on any atom is -0.456 e. The zero-order chi connectivity index (χ0) is 20.4. The van der Waals surface area contributed by atoms with Crippen molar-refractivity contribution >= 4 is 35.0 Å². The smallest absolute Gasteiger partial charge is 0.321 e. The first-order chi connectivity index (χ1) is 13.9. The van der Waals surface area contributed by atoms with Crippen LogP contribution < -0.4 is 10.6 Å². The van der Waals surface area contributed by atoms with Crippen LogP contribution in [0.5, 0.6) is 0 Å². The number of imide groups is 1.